The summed E-state index contributed by atoms with van der Waals surface area (Å²) >= 11 is 0. The van der Waals surface area contributed by atoms with E-state index in [-0.39, 0.29) is 56.7 Å². The summed E-state index contributed by atoms with van der Waals surface area (Å²) in [7, 11) is 0. The summed E-state index contributed by atoms with van der Waals surface area (Å²) in [4.78, 5) is 38.2. The lowest BCUT2D eigenvalue weighted by Crippen LogP contribution is -2.37. The Hall–Kier alpha value is -2.68. The zero-order chi connectivity index (χ0) is 37.5. The van der Waals surface area contributed by atoms with Gasteiger partial charge in [-0.3, -0.25) is 14.4 Å². The topological polar surface area (TPSA) is 242 Å². The average molecular weight is 739 g/mol. The molecule has 0 saturated carbocycles. The summed E-state index contributed by atoms with van der Waals surface area (Å²) in [6, 6.07) is -0.839. The molecule has 0 rings (SSSR count). The largest absolute Gasteiger partial charge is 0.464 e. The summed E-state index contributed by atoms with van der Waals surface area (Å²) < 4.78 is 53.7. The van der Waals surface area contributed by atoms with Gasteiger partial charge in [-0.15, -0.1) is 0 Å². The lowest BCUT2D eigenvalue weighted by Gasteiger charge is -2.13. The highest BCUT2D eigenvalue weighted by atomic mass is 16.6. The van der Waals surface area contributed by atoms with Crippen molar-refractivity contribution in [3.63, 3.8) is 0 Å². The number of nitrogens with two attached hydrogens (primary N) is 1. The van der Waals surface area contributed by atoms with Gasteiger partial charge >= 0.3 is 5.97 Å². The second kappa shape index (κ2) is 38.5. The van der Waals surface area contributed by atoms with Crippen LogP contribution in [-0.4, -0.2) is 169 Å². The fourth-order valence-electron chi connectivity index (χ4n) is 3.52. The van der Waals surface area contributed by atoms with Gasteiger partial charge in [0.2, 0.25) is 11.8 Å². The van der Waals surface area contributed by atoms with E-state index in [9.17, 15) is 14.4 Å². The zero-order valence-electron chi connectivity index (χ0n) is 30.6. The van der Waals surface area contributed by atoms with Crippen LogP contribution in [0.4, 0.5) is 0 Å². The van der Waals surface area contributed by atoms with Crippen LogP contribution >= 0.6 is 0 Å². The first-order chi connectivity index (χ1) is 24.9. The molecular weight excluding hydrogens is 676 g/mol. The van der Waals surface area contributed by atoms with Crippen molar-refractivity contribution in [2.45, 2.75) is 39.2 Å². The molecule has 0 heterocycles. The van der Waals surface area contributed by atoms with Gasteiger partial charge in [0.15, 0.2) is 0 Å². The molecule has 0 unspecified atom stereocenters. The predicted molar refractivity (Wildman–Crippen MR) is 185 cm³/mol. The molecule has 298 valence electrons. The van der Waals surface area contributed by atoms with Crippen LogP contribution < -0.4 is 16.4 Å². The molecule has 1 atom stereocenters. The van der Waals surface area contributed by atoms with Gasteiger partial charge < -0.3 is 63.7 Å². The van der Waals surface area contributed by atoms with Gasteiger partial charge in [-0.25, -0.2) is 0 Å². The van der Waals surface area contributed by atoms with Gasteiger partial charge in [-0.2, -0.15) is 0 Å². The van der Waals surface area contributed by atoms with Crippen LogP contribution in [0.25, 0.3) is 10.4 Å². The van der Waals surface area contributed by atoms with Crippen molar-refractivity contribution < 1.29 is 61.8 Å². The summed E-state index contributed by atoms with van der Waals surface area (Å²) in [6.45, 7) is 12.8. The number of hydrogen-bond donors (Lipinski definition) is 3. The monoisotopic (exact) mass is 738 g/mol. The van der Waals surface area contributed by atoms with Crippen LogP contribution in [0.2, 0.25) is 0 Å². The van der Waals surface area contributed by atoms with E-state index >= 15 is 0 Å². The van der Waals surface area contributed by atoms with E-state index in [1.54, 1.807) is 0 Å². The maximum Gasteiger partial charge on any atom is 0.322 e. The number of nitrogens with zero attached hydrogens (tertiary/aromatic N) is 3. The van der Waals surface area contributed by atoms with Crippen molar-refractivity contribution in [3.8, 4) is 0 Å². The summed E-state index contributed by atoms with van der Waals surface area (Å²) in [6.07, 6.45) is 0.477. The van der Waals surface area contributed by atoms with Crippen molar-refractivity contribution in [2.75, 3.05) is 145 Å². The molecule has 0 fully saturated rings. The first-order valence-electron chi connectivity index (χ1n) is 17.5. The van der Waals surface area contributed by atoms with Crippen LogP contribution in [0.3, 0.4) is 0 Å². The molecule has 2 amide bonds. The molecule has 0 radical (unpaired) electrons. The van der Waals surface area contributed by atoms with Crippen molar-refractivity contribution in [1.82, 2.24) is 10.6 Å². The van der Waals surface area contributed by atoms with Gasteiger partial charge in [0, 0.05) is 37.4 Å². The Morgan fingerprint density at radius 1 is 0.588 bits per heavy atom. The molecule has 0 aliphatic rings. The molecule has 0 saturated heterocycles. The third kappa shape index (κ3) is 38.4. The molecule has 0 aliphatic heterocycles. The third-order valence-electron chi connectivity index (χ3n) is 6.16. The van der Waals surface area contributed by atoms with E-state index in [1.807, 2.05) is 13.8 Å². The van der Waals surface area contributed by atoms with E-state index in [0.717, 1.165) is 0 Å². The number of ether oxygens (including phenoxy) is 10. The number of hydrogen-bond acceptors (Lipinski definition) is 15. The smallest absolute Gasteiger partial charge is 0.322 e. The number of azide groups is 1. The number of nitrogens with one attached hydrogen (secondary N) is 2. The predicted octanol–water partition coefficient (Wildman–Crippen LogP) is 0.375. The SMILES string of the molecule is CC(C)COC(=O)[C@@H](N)CCC(=O)NCCNC(=O)CCOCCOCCOCCOCCOCCOCCOCCOCCOCCN=[N+]=[N-]. The summed E-state index contributed by atoms with van der Waals surface area (Å²) in [5.41, 5.74) is 13.9. The highest BCUT2D eigenvalue weighted by Gasteiger charge is 2.17. The molecule has 0 spiro atoms. The molecule has 51 heavy (non-hydrogen) atoms. The first-order valence-corrected chi connectivity index (χ1v) is 17.5. The van der Waals surface area contributed by atoms with Crippen LogP contribution in [0, 0.1) is 5.92 Å². The molecule has 0 aromatic rings. The van der Waals surface area contributed by atoms with Crippen molar-refractivity contribution >= 4 is 17.8 Å². The standard InChI is InChI=1S/C32H62N6O13/c1-28(2)27-51-32(41)29(33)3-4-30(39)35-6-7-36-31(40)5-9-42-11-13-44-15-17-46-19-21-48-23-25-50-26-24-49-22-20-47-18-16-45-14-12-43-10-8-37-38-34/h28-29H,3-27,33H2,1-2H3,(H,35,39)(H,36,40)/t29-/m0/s1. The van der Waals surface area contributed by atoms with Crippen molar-refractivity contribution in [2.24, 2.45) is 16.8 Å². The number of esters is 1. The number of carbonyl (C=O) groups is 3. The number of amides is 2. The van der Waals surface area contributed by atoms with Crippen molar-refractivity contribution in [3.05, 3.63) is 10.4 Å². The minimum Gasteiger partial charge on any atom is -0.464 e. The molecule has 19 heteroatoms. The summed E-state index contributed by atoms with van der Waals surface area (Å²) in [5.74, 6) is -0.736. The number of rotatable bonds is 39. The highest BCUT2D eigenvalue weighted by molar-refractivity contribution is 5.79. The third-order valence-corrected chi connectivity index (χ3v) is 6.16. The Morgan fingerprint density at radius 2 is 0.941 bits per heavy atom. The Morgan fingerprint density at radius 3 is 1.31 bits per heavy atom. The zero-order valence-corrected chi connectivity index (χ0v) is 30.6. The quantitative estimate of drug-likeness (QED) is 0.0254. The number of carbonyl (C=O) groups excluding carboxylic acids is 3. The molecule has 0 bridgehead atoms. The van der Waals surface area contributed by atoms with Gasteiger partial charge in [-0.1, -0.05) is 19.0 Å². The van der Waals surface area contributed by atoms with Gasteiger partial charge in [-0.05, 0) is 17.9 Å². The second-order valence-corrected chi connectivity index (χ2v) is 11.1. The van der Waals surface area contributed by atoms with Gasteiger partial charge in [0.05, 0.1) is 126 Å². The first kappa shape index (κ1) is 48.3. The Balaban J connectivity index is 3.28. The molecule has 4 N–H and O–H groups in total. The lowest BCUT2D eigenvalue weighted by atomic mass is 10.1. The second-order valence-electron chi connectivity index (χ2n) is 11.1. The molecule has 19 nitrogen and oxygen atoms in total. The maximum atomic E-state index is 11.9. The van der Waals surface area contributed by atoms with Crippen LogP contribution in [-0.2, 0) is 61.8 Å². The van der Waals surface area contributed by atoms with Gasteiger partial charge in [0.25, 0.3) is 0 Å². The molecule has 0 aliphatic carbocycles. The highest BCUT2D eigenvalue weighted by Crippen LogP contribution is 2.00. The lowest BCUT2D eigenvalue weighted by molar-refractivity contribution is -0.146. The molecule has 0 aromatic carbocycles. The average Bonchev–Trinajstić information content (AvgIpc) is 3.12. The van der Waals surface area contributed by atoms with E-state index in [4.69, 9.17) is 58.6 Å². The summed E-state index contributed by atoms with van der Waals surface area (Å²) in [5, 5.41) is 8.75. The van der Waals surface area contributed by atoms with Gasteiger partial charge in [0.1, 0.15) is 6.04 Å². The van der Waals surface area contributed by atoms with E-state index < -0.39 is 12.0 Å². The Kier molecular flexibility index (Phi) is 36.5. The minimum atomic E-state index is -0.839. The molecule has 0 aromatic heterocycles. The van der Waals surface area contributed by atoms with Crippen LogP contribution in [0.15, 0.2) is 5.11 Å². The van der Waals surface area contributed by atoms with Crippen molar-refractivity contribution in [1.29, 1.82) is 0 Å². The fraction of sp³-hybridized carbons (Fsp3) is 0.906. The minimum absolute atomic E-state index is 0.0946. The van der Waals surface area contributed by atoms with Crippen LogP contribution in [0.1, 0.15) is 33.1 Å². The normalized spacial score (nSPS) is 11.7. The van der Waals surface area contributed by atoms with E-state index in [0.29, 0.717) is 125 Å². The van der Waals surface area contributed by atoms with E-state index in [2.05, 4.69) is 20.7 Å². The maximum absolute atomic E-state index is 11.9. The molecular formula is C32H62N6O13. The van der Waals surface area contributed by atoms with E-state index in [1.165, 1.54) is 0 Å². The van der Waals surface area contributed by atoms with Crippen LogP contribution in [0.5, 0.6) is 0 Å². The Bertz CT molecular complexity index is 885. The fourth-order valence-corrected chi connectivity index (χ4v) is 3.52. The Labute approximate surface area is 301 Å².